The second kappa shape index (κ2) is 6.14. The molecule has 0 saturated carbocycles. The molecule has 0 aliphatic carbocycles. The van der Waals surface area contributed by atoms with Crippen molar-refractivity contribution < 1.29 is 23.0 Å². The molecule has 104 valence electrons. The van der Waals surface area contributed by atoms with Crippen molar-refractivity contribution in [2.45, 2.75) is 0 Å². The molecular weight excluding hydrogens is 266 g/mol. The highest BCUT2D eigenvalue weighted by molar-refractivity contribution is 5.97. The normalized spacial score (nSPS) is 10.2. The lowest BCUT2D eigenvalue weighted by atomic mass is 10.1. The van der Waals surface area contributed by atoms with Crippen LogP contribution in [0.2, 0.25) is 0 Å². The van der Waals surface area contributed by atoms with Gasteiger partial charge in [0.2, 0.25) is 5.78 Å². The summed E-state index contributed by atoms with van der Waals surface area (Å²) in [6.45, 7) is -0.453. The molecule has 2 aromatic rings. The zero-order valence-electron chi connectivity index (χ0n) is 10.7. The molecule has 2 aromatic carbocycles. The molecule has 0 unspecified atom stereocenters. The van der Waals surface area contributed by atoms with E-state index in [-0.39, 0.29) is 0 Å². The Kier molecular flexibility index (Phi) is 4.30. The number of benzene rings is 2. The van der Waals surface area contributed by atoms with Crippen LogP contribution in [0.3, 0.4) is 0 Å². The van der Waals surface area contributed by atoms with Gasteiger partial charge in [-0.25, -0.2) is 8.78 Å². The Hall–Kier alpha value is -2.43. The summed E-state index contributed by atoms with van der Waals surface area (Å²) >= 11 is 0. The Balaban J connectivity index is 2.09. The van der Waals surface area contributed by atoms with Gasteiger partial charge in [0, 0.05) is 6.07 Å². The maximum Gasteiger partial charge on any atom is 0.206 e. The van der Waals surface area contributed by atoms with Gasteiger partial charge in [-0.05, 0) is 24.3 Å². The third-order valence-electron chi connectivity index (χ3n) is 2.65. The highest BCUT2D eigenvalue weighted by Gasteiger charge is 2.17. The van der Waals surface area contributed by atoms with E-state index in [1.165, 1.54) is 13.2 Å². The van der Waals surface area contributed by atoms with E-state index in [0.717, 1.165) is 12.1 Å². The van der Waals surface area contributed by atoms with Crippen molar-refractivity contribution in [3.05, 3.63) is 59.7 Å². The second-order valence-corrected chi connectivity index (χ2v) is 3.99. The van der Waals surface area contributed by atoms with Gasteiger partial charge in [-0.3, -0.25) is 4.79 Å². The summed E-state index contributed by atoms with van der Waals surface area (Å²) < 4.78 is 37.0. The maximum atomic E-state index is 13.4. The number of rotatable bonds is 5. The Morgan fingerprint density at radius 2 is 1.65 bits per heavy atom. The van der Waals surface area contributed by atoms with E-state index >= 15 is 0 Å². The summed E-state index contributed by atoms with van der Waals surface area (Å²) in [6.07, 6.45) is 0. The Bertz CT molecular complexity index is 606. The van der Waals surface area contributed by atoms with Gasteiger partial charge < -0.3 is 9.47 Å². The summed E-state index contributed by atoms with van der Waals surface area (Å²) in [6, 6.07) is 9.85. The number of ketones is 1. The van der Waals surface area contributed by atoms with E-state index in [2.05, 4.69) is 0 Å². The molecule has 0 radical (unpaired) electrons. The molecule has 0 heterocycles. The van der Waals surface area contributed by atoms with Crippen LogP contribution in [0.15, 0.2) is 42.5 Å². The Morgan fingerprint density at radius 3 is 2.30 bits per heavy atom. The molecule has 0 fully saturated rings. The van der Waals surface area contributed by atoms with Gasteiger partial charge in [0.15, 0.2) is 6.61 Å². The van der Waals surface area contributed by atoms with Crippen LogP contribution in [0.25, 0.3) is 0 Å². The van der Waals surface area contributed by atoms with Crippen molar-refractivity contribution in [3.63, 3.8) is 0 Å². The predicted molar refractivity (Wildman–Crippen MR) is 69.2 cm³/mol. The van der Waals surface area contributed by atoms with Gasteiger partial charge in [0.1, 0.15) is 23.1 Å². The lowest BCUT2D eigenvalue weighted by molar-refractivity contribution is 0.0912. The number of halogens is 2. The molecule has 0 saturated heterocycles. The maximum absolute atomic E-state index is 13.4. The van der Waals surface area contributed by atoms with E-state index in [9.17, 15) is 13.6 Å². The minimum absolute atomic E-state index is 0.384. The van der Waals surface area contributed by atoms with Gasteiger partial charge in [-0.15, -0.1) is 0 Å². The first kappa shape index (κ1) is 14.0. The SMILES string of the molecule is COc1cccc(OCC(=O)c2c(F)cccc2F)c1. The standard InChI is InChI=1S/C15H12F2O3/c1-19-10-4-2-5-11(8-10)20-9-14(18)15-12(16)6-3-7-13(15)17/h2-8H,9H2,1H3. The predicted octanol–water partition coefficient (Wildman–Crippen LogP) is 3.24. The van der Waals surface area contributed by atoms with Gasteiger partial charge in [0.25, 0.3) is 0 Å². The van der Waals surface area contributed by atoms with Crippen molar-refractivity contribution in [2.24, 2.45) is 0 Å². The number of carbonyl (C=O) groups excluding carboxylic acids is 1. The zero-order valence-corrected chi connectivity index (χ0v) is 10.7. The minimum Gasteiger partial charge on any atom is -0.497 e. The third kappa shape index (κ3) is 3.12. The van der Waals surface area contributed by atoms with Crippen LogP contribution >= 0.6 is 0 Å². The van der Waals surface area contributed by atoms with Gasteiger partial charge >= 0.3 is 0 Å². The first-order valence-electron chi connectivity index (χ1n) is 5.86. The highest BCUT2D eigenvalue weighted by atomic mass is 19.1. The first-order valence-corrected chi connectivity index (χ1v) is 5.86. The molecular formula is C15H12F2O3. The van der Waals surface area contributed by atoms with Gasteiger partial charge in [-0.2, -0.15) is 0 Å². The van der Waals surface area contributed by atoms with Crippen LogP contribution in [0.1, 0.15) is 10.4 Å². The number of carbonyl (C=O) groups is 1. The van der Waals surface area contributed by atoms with E-state index in [4.69, 9.17) is 9.47 Å². The number of hydrogen-bond donors (Lipinski definition) is 0. The largest absolute Gasteiger partial charge is 0.497 e. The molecule has 20 heavy (non-hydrogen) atoms. The first-order chi connectivity index (χ1) is 9.61. The molecule has 0 spiro atoms. The number of Topliss-reactive ketones (excluding diaryl/α,β-unsaturated/α-hetero) is 1. The zero-order chi connectivity index (χ0) is 14.5. The average molecular weight is 278 g/mol. The molecule has 0 bridgehead atoms. The molecule has 0 N–H and O–H groups in total. The lowest BCUT2D eigenvalue weighted by Gasteiger charge is -2.08. The fraction of sp³-hybridized carbons (Fsp3) is 0.133. The van der Waals surface area contributed by atoms with Crippen molar-refractivity contribution in [3.8, 4) is 11.5 Å². The van der Waals surface area contributed by atoms with Crippen molar-refractivity contribution in [2.75, 3.05) is 13.7 Å². The van der Waals surface area contributed by atoms with Crippen molar-refractivity contribution in [1.29, 1.82) is 0 Å². The molecule has 0 amide bonds. The molecule has 2 rings (SSSR count). The van der Waals surface area contributed by atoms with Crippen molar-refractivity contribution in [1.82, 2.24) is 0 Å². The topological polar surface area (TPSA) is 35.5 Å². The molecule has 0 aliphatic rings. The minimum atomic E-state index is -0.899. The number of methoxy groups -OCH3 is 1. The average Bonchev–Trinajstić information content (AvgIpc) is 2.45. The fourth-order valence-corrected chi connectivity index (χ4v) is 1.68. The summed E-state index contributed by atoms with van der Waals surface area (Å²) in [4.78, 5) is 11.8. The van der Waals surface area contributed by atoms with Crippen LogP contribution < -0.4 is 9.47 Å². The molecule has 0 atom stereocenters. The second-order valence-electron chi connectivity index (χ2n) is 3.99. The van der Waals surface area contributed by atoms with Crippen LogP contribution in [0, 0.1) is 11.6 Å². The van der Waals surface area contributed by atoms with Crippen LogP contribution in [0.4, 0.5) is 8.78 Å². The molecule has 3 nitrogen and oxygen atoms in total. The molecule has 0 aromatic heterocycles. The van der Waals surface area contributed by atoms with E-state index in [0.29, 0.717) is 11.5 Å². The van der Waals surface area contributed by atoms with Crippen molar-refractivity contribution >= 4 is 5.78 Å². The summed E-state index contributed by atoms with van der Waals surface area (Å²) in [5, 5.41) is 0. The summed E-state index contributed by atoms with van der Waals surface area (Å²) in [5.74, 6) is -1.61. The third-order valence-corrected chi connectivity index (χ3v) is 2.65. The van der Waals surface area contributed by atoms with Crippen LogP contribution in [0.5, 0.6) is 11.5 Å². The van der Waals surface area contributed by atoms with Crippen LogP contribution in [-0.4, -0.2) is 19.5 Å². The number of hydrogen-bond acceptors (Lipinski definition) is 3. The molecule has 5 heteroatoms. The van der Waals surface area contributed by atoms with Gasteiger partial charge in [0.05, 0.1) is 12.7 Å². The summed E-state index contributed by atoms with van der Waals surface area (Å²) in [5.41, 5.74) is -0.588. The summed E-state index contributed by atoms with van der Waals surface area (Å²) in [7, 11) is 1.50. The van der Waals surface area contributed by atoms with E-state index in [1.807, 2.05) is 0 Å². The highest BCUT2D eigenvalue weighted by Crippen LogP contribution is 2.19. The molecule has 0 aliphatic heterocycles. The van der Waals surface area contributed by atoms with Gasteiger partial charge in [-0.1, -0.05) is 12.1 Å². The Morgan fingerprint density at radius 1 is 1.05 bits per heavy atom. The fourth-order valence-electron chi connectivity index (χ4n) is 1.68. The smallest absolute Gasteiger partial charge is 0.206 e. The monoisotopic (exact) mass is 278 g/mol. The Labute approximate surface area is 114 Å². The lowest BCUT2D eigenvalue weighted by Crippen LogP contribution is -2.15. The number of ether oxygens (including phenoxy) is 2. The van der Waals surface area contributed by atoms with E-state index in [1.54, 1.807) is 24.3 Å². The van der Waals surface area contributed by atoms with E-state index < -0.39 is 29.6 Å². The van der Waals surface area contributed by atoms with Crippen LogP contribution in [-0.2, 0) is 0 Å². The quantitative estimate of drug-likeness (QED) is 0.788.